The molecule has 1 N–H and O–H groups in total. The van der Waals surface area contributed by atoms with Gasteiger partial charge in [0.2, 0.25) is 5.91 Å². The van der Waals surface area contributed by atoms with Crippen LogP contribution in [-0.2, 0) is 10.2 Å². The lowest BCUT2D eigenvalue weighted by Gasteiger charge is -2.20. The van der Waals surface area contributed by atoms with E-state index in [4.69, 9.17) is 4.74 Å². The van der Waals surface area contributed by atoms with Crippen molar-refractivity contribution in [3.8, 4) is 5.75 Å². The highest BCUT2D eigenvalue weighted by atomic mass is 79.9. The van der Waals surface area contributed by atoms with Gasteiger partial charge in [0.15, 0.2) is 0 Å². The molecule has 0 saturated heterocycles. The molecule has 150 valence electrons. The summed E-state index contributed by atoms with van der Waals surface area (Å²) in [5.41, 5.74) is 2.23. The van der Waals surface area contributed by atoms with Crippen LogP contribution in [-0.4, -0.2) is 17.4 Å². The molecule has 0 aliphatic heterocycles. The summed E-state index contributed by atoms with van der Waals surface area (Å²) >= 11 is 3.53. The Balaban J connectivity index is 1.83. The van der Waals surface area contributed by atoms with Crippen LogP contribution in [0, 0.1) is 17.0 Å². The number of ether oxygens (including phenoxy) is 1. The Morgan fingerprint density at radius 1 is 1.21 bits per heavy atom. The molecule has 1 amide bonds. The second-order valence-corrected chi connectivity index (χ2v) is 8.51. The maximum absolute atomic E-state index is 12.1. The molecule has 2 aromatic rings. The lowest BCUT2D eigenvalue weighted by molar-refractivity contribution is -0.385. The molecular weight excluding hydrogens is 424 g/mol. The molecule has 0 heterocycles. The second-order valence-electron chi connectivity index (χ2n) is 7.65. The Morgan fingerprint density at radius 3 is 2.54 bits per heavy atom. The molecule has 0 spiro atoms. The maximum atomic E-state index is 12.1. The summed E-state index contributed by atoms with van der Waals surface area (Å²) in [5.74, 6) is 0.534. The van der Waals surface area contributed by atoms with Crippen molar-refractivity contribution in [1.29, 1.82) is 0 Å². The average molecular weight is 449 g/mol. The number of aryl methyl sites for hydroxylation is 1. The first kappa shape index (κ1) is 21.9. The van der Waals surface area contributed by atoms with Gasteiger partial charge in [-0.3, -0.25) is 14.9 Å². The molecule has 0 saturated carbocycles. The molecule has 0 aromatic heterocycles. The zero-order valence-corrected chi connectivity index (χ0v) is 18.1. The molecule has 0 aliphatic carbocycles. The van der Waals surface area contributed by atoms with Crippen LogP contribution in [0.15, 0.2) is 40.9 Å². The van der Waals surface area contributed by atoms with E-state index in [2.05, 4.69) is 42.0 Å². The standard InChI is InChI=1S/C21H25BrN2O4/c1-14-7-9-16(13-18(14)24(26)27)23-20(25)6-5-11-28-19-10-8-15(12-17(19)22)21(2,3)4/h7-10,12-13H,5-6,11H2,1-4H3,(H,23,25). The molecule has 0 atom stereocenters. The van der Waals surface area contributed by atoms with E-state index in [1.54, 1.807) is 19.1 Å². The fourth-order valence-corrected chi connectivity index (χ4v) is 3.10. The number of hydrogen-bond acceptors (Lipinski definition) is 4. The SMILES string of the molecule is Cc1ccc(NC(=O)CCCOc2ccc(C(C)(C)C)cc2Br)cc1[N+](=O)[O-]. The number of nitrogens with one attached hydrogen (secondary N) is 1. The number of nitro benzene ring substituents is 1. The number of carbonyl (C=O) groups is 1. The Bertz CT molecular complexity index is 875. The number of rotatable bonds is 7. The highest BCUT2D eigenvalue weighted by molar-refractivity contribution is 9.10. The zero-order chi connectivity index (χ0) is 20.9. The summed E-state index contributed by atoms with van der Waals surface area (Å²) in [5, 5.41) is 13.7. The molecule has 28 heavy (non-hydrogen) atoms. The molecule has 0 aliphatic rings. The highest BCUT2D eigenvalue weighted by Crippen LogP contribution is 2.31. The van der Waals surface area contributed by atoms with Crippen LogP contribution in [0.2, 0.25) is 0 Å². The Labute approximate surface area is 173 Å². The van der Waals surface area contributed by atoms with Crippen molar-refractivity contribution in [3.05, 3.63) is 62.1 Å². The third-order valence-electron chi connectivity index (χ3n) is 4.29. The van der Waals surface area contributed by atoms with E-state index < -0.39 is 4.92 Å². The van der Waals surface area contributed by atoms with Crippen LogP contribution in [0.3, 0.4) is 0 Å². The first-order chi connectivity index (χ1) is 13.1. The van der Waals surface area contributed by atoms with Gasteiger partial charge in [-0.2, -0.15) is 0 Å². The van der Waals surface area contributed by atoms with Crippen LogP contribution in [0.25, 0.3) is 0 Å². The Hall–Kier alpha value is -2.41. The normalized spacial score (nSPS) is 11.2. The van der Waals surface area contributed by atoms with Crippen LogP contribution in [0.4, 0.5) is 11.4 Å². The van der Waals surface area contributed by atoms with Crippen molar-refractivity contribution in [2.24, 2.45) is 0 Å². The molecule has 2 aromatic carbocycles. The first-order valence-electron chi connectivity index (χ1n) is 9.05. The van der Waals surface area contributed by atoms with Gasteiger partial charge < -0.3 is 10.1 Å². The van der Waals surface area contributed by atoms with Gasteiger partial charge in [0.1, 0.15) is 5.75 Å². The lowest BCUT2D eigenvalue weighted by Crippen LogP contribution is -2.13. The summed E-state index contributed by atoms with van der Waals surface area (Å²) in [4.78, 5) is 22.6. The van der Waals surface area contributed by atoms with Crippen molar-refractivity contribution in [1.82, 2.24) is 0 Å². The van der Waals surface area contributed by atoms with Crippen LogP contribution in [0.1, 0.15) is 44.7 Å². The van der Waals surface area contributed by atoms with E-state index in [0.29, 0.717) is 24.3 Å². The van der Waals surface area contributed by atoms with Gasteiger partial charge >= 0.3 is 0 Å². The van der Waals surface area contributed by atoms with Crippen molar-refractivity contribution in [3.63, 3.8) is 0 Å². The fraction of sp³-hybridized carbons (Fsp3) is 0.381. The minimum absolute atomic E-state index is 0.00955. The summed E-state index contributed by atoms with van der Waals surface area (Å²) < 4.78 is 6.64. The van der Waals surface area contributed by atoms with Crippen molar-refractivity contribution < 1.29 is 14.5 Å². The third kappa shape index (κ3) is 6.05. The molecule has 0 bridgehead atoms. The number of halogens is 1. The third-order valence-corrected chi connectivity index (χ3v) is 4.91. The maximum Gasteiger partial charge on any atom is 0.274 e. The van der Waals surface area contributed by atoms with Gasteiger partial charge in [-0.1, -0.05) is 32.9 Å². The summed E-state index contributed by atoms with van der Waals surface area (Å²) in [6.45, 7) is 8.51. The van der Waals surface area contributed by atoms with Crippen LogP contribution >= 0.6 is 15.9 Å². The van der Waals surface area contributed by atoms with E-state index in [-0.39, 0.29) is 23.4 Å². The smallest absolute Gasteiger partial charge is 0.274 e. The number of benzene rings is 2. The molecular formula is C21H25BrN2O4. The minimum atomic E-state index is -0.457. The zero-order valence-electron chi connectivity index (χ0n) is 16.5. The van der Waals surface area contributed by atoms with E-state index in [1.807, 2.05) is 18.2 Å². The average Bonchev–Trinajstić information content (AvgIpc) is 2.60. The van der Waals surface area contributed by atoms with Crippen LogP contribution < -0.4 is 10.1 Å². The van der Waals surface area contributed by atoms with Crippen molar-refractivity contribution in [2.75, 3.05) is 11.9 Å². The molecule has 2 rings (SSSR count). The van der Waals surface area contributed by atoms with Gasteiger partial charge in [0, 0.05) is 23.7 Å². The van der Waals surface area contributed by atoms with Gasteiger partial charge in [-0.25, -0.2) is 0 Å². The number of hydrogen-bond donors (Lipinski definition) is 1. The van der Waals surface area contributed by atoms with Crippen molar-refractivity contribution in [2.45, 2.75) is 46.0 Å². The predicted molar refractivity (Wildman–Crippen MR) is 114 cm³/mol. The van der Waals surface area contributed by atoms with Crippen molar-refractivity contribution >= 4 is 33.2 Å². The molecule has 0 fully saturated rings. The Morgan fingerprint density at radius 2 is 1.93 bits per heavy atom. The predicted octanol–water partition coefficient (Wildman–Crippen LogP) is 5.76. The lowest BCUT2D eigenvalue weighted by atomic mass is 9.87. The van der Waals surface area contributed by atoms with E-state index in [0.717, 1.165) is 10.2 Å². The van der Waals surface area contributed by atoms with E-state index >= 15 is 0 Å². The highest BCUT2D eigenvalue weighted by Gasteiger charge is 2.15. The van der Waals surface area contributed by atoms with E-state index in [9.17, 15) is 14.9 Å². The molecule has 0 radical (unpaired) electrons. The topological polar surface area (TPSA) is 81.5 Å². The number of anilines is 1. The van der Waals surface area contributed by atoms with Gasteiger partial charge in [0.25, 0.3) is 5.69 Å². The summed E-state index contributed by atoms with van der Waals surface area (Å²) in [6.07, 6.45) is 0.798. The quantitative estimate of drug-likeness (QED) is 0.331. The second kappa shape index (κ2) is 9.19. The summed E-state index contributed by atoms with van der Waals surface area (Å²) in [7, 11) is 0. The number of nitro groups is 1. The number of nitrogens with zero attached hydrogens (tertiary/aromatic N) is 1. The summed E-state index contributed by atoms with van der Waals surface area (Å²) in [6, 6.07) is 10.7. The first-order valence-corrected chi connectivity index (χ1v) is 9.85. The molecule has 7 heteroatoms. The number of amides is 1. The minimum Gasteiger partial charge on any atom is -0.492 e. The van der Waals surface area contributed by atoms with E-state index in [1.165, 1.54) is 11.6 Å². The van der Waals surface area contributed by atoms with Gasteiger partial charge in [0.05, 0.1) is 16.0 Å². The fourth-order valence-electron chi connectivity index (χ4n) is 2.61. The van der Waals surface area contributed by atoms with Gasteiger partial charge in [-0.05, 0) is 58.5 Å². The molecule has 0 unspecified atom stereocenters. The Kier molecular flexibility index (Phi) is 7.18. The number of carbonyl (C=O) groups excluding carboxylic acids is 1. The van der Waals surface area contributed by atoms with Gasteiger partial charge in [-0.15, -0.1) is 0 Å². The van der Waals surface area contributed by atoms with Crippen LogP contribution in [0.5, 0.6) is 5.75 Å². The largest absolute Gasteiger partial charge is 0.492 e. The molecule has 6 nitrogen and oxygen atoms in total. The monoisotopic (exact) mass is 448 g/mol.